The topological polar surface area (TPSA) is 77.2 Å². The molecule has 0 saturated carbocycles. The van der Waals surface area contributed by atoms with Gasteiger partial charge in [-0.1, -0.05) is 0 Å². The number of halogens is 2. The van der Waals surface area contributed by atoms with E-state index in [-0.39, 0.29) is 11.6 Å². The summed E-state index contributed by atoms with van der Waals surface area (Å²) < 4.78 is 2.95. The number of carbonyl (C=O) groups excluding carboxylic acids is 1. The van der Waals surface area contributed by atoms with Gasteiger partial charge in [0, 0.05) is 29.0 Å². The molecule has 0 atom stereocenters. The van der Waals surface area contributed by atoms with Gasteiger partial charge in [-0.3, -0.25) is 14.9 Å². The van der Waals surface area contributed by atoms with Crippen LogP contribution in [0.3, 0.4) is 0 Å². The summed E-state index contributed by atoms with van der Waals surface area (Å²) in [6, 6.07) is 6.15. The zero-order valence-electron chi connectivity index (χ0n) is 11.0. The second kappa shape index (κ2) is 6.40. The van der Waals surface area contributed by atoms with Crippen LogP contribution in [0.4, 0.5) is 11.4 Å². The van der Waals surface area contributed by atoms with Crippen molar-refractivity contribution in [3.8, 4) is 0 Å². The predicted molar refractivity (Wildman–Crippen MR) is 86.6 cm³/mol. The summed E-state index contributed by atoms with van der Waals surface area (Å²) in [6.45, 7) is 2.57. The van der Waals surface area contributed by atoms with Crippen LogP contribution in [0.25, 0.3) is 0 Å². The number of carbonyl (C=O) groups is 1. The molecule has 2 rings (SSSR count). The Balaban J connectivity index is 2.27. The lowest BCUT2D eigenvalue weighted by molar-refractivity contribution is -0.385. The quantitative estimate of drug-likeness (QED) is 0.599. The van der Waals surface area contributed by atoms with Crippen LogP contribution in [-0.4, -0.2) is 15.4 Å². The minimum atomic E-state index is -0.509. The summed E-state index contributed by atoms with van der Waals surface area (Å²) in [6.07, 6.45) is 1.80. The molecule has 1 N–H and O–H groups in total. The highest BCUT2D eigenvalue weighted by Crippen LogP contribution is 2.28. The largest absolute Gasteiger partial charge is 0.343 e. The van der Waals surface area contributed by atoms with E-state index in [0.717, 1.165) is 4.47 Å². The van der Waals surface area contributed by atoms with Crippen molar-refractivity contribution in [1.29, 1.82) is 0 Å². The second-order valence-corrected chi connectivity index (χ2v) is 5.98. The van der Waals surface area contributed by atoms with E-state index >= 15 is 0 Å². The minimum absolute atomic E-state index is 0.0974. The number of nitro groups is 1. The van der Waals surface area contributed by atoms with Gasteiger partial charge in [-0.05, 0) is 57.0 Å². The molecule has 1 aromatic heterocycles. The summed E-state index contributed by atoms with van der Waals surface area (Å²) in [5.41, 5.74) is 0.754. The number of nitrogens with zero attached hydrogens (tertiary/aromatic N) is 2. The molecule has 1 heterocycles. The third-order valence-corrected chi connectivity index (χ3v) is 3.94. The van der Waals surface area contributed by atoms with Gasteiger partial charge >= 0.3 is 0 Å². The Morgan fingerprint density at radius 1 is 1.38 bits per heavy atom. The first-order valence-electron chi connectivity index (χ1n) is 6.03. The van der Waals surface area contributed by atoms with Crippen LogP contribution < -0.4 is 5.32 Å². The Hall–Kier alpha value is -1.67. The monoisotopic (exact) mass is 415 g/mol. The summed E-state index contributed by atoms with van der Waals surface area (Å²) in [4.78, 5) is 22.6. The number of rotatable bonds is 4. The van der Waals surface area contributed by atoms with Crippen LogP contribution in [0, 0.1) is 10.1 Å². The molecule has 1 amide bonds. The van der Waals surface area contributed by atoms with Crippen molar-refractivity contribution >= 4 is 49.1 Å². The molecule has 0 saturated heterocycles. The Labute approximate surface area is 137 Å². The first kappa shape index (κ1) is 15.7. The molecule has 0 unspecified atom stereocenters. The lowest BCUT2D eigenvalue weighted by atomic mass is 10.2. The van der Waals surface area contributed by atoms with Gasteiger partial charge in [-0.25, -0.2) is 0 Å². The van der Waals surface area contributed by atoms with Gasteiger partial charge < -0.3 is 9.88 Å². The maximum Gasteiger partial charge on any atom is 0.285 e. The zero-order chi connectivity index (χ0) is 15.6. The molecule has 21 heavy (non-hydrogen) atoms. The molecule has 0 aliphatic carbocycles. The molecule has 0 bridgehead atoms. The standard InChI is InChI=1S/C13H11Br2N3O3/c1-2-17-7-8(14)5-12(17)13(19)16-9-3-4-10(15)11(6-9)18(20)21/h3-7H,2H2,1H3,(H,16,19). The predicted octanol–water partition coefficient (Wildman–Crippen LogP) is 4.19. The summed E-state index contributed by atoms with van der Waals surface area (Å²) in [5.74, 6) is -0.320. The number of aryl methyl sites for hydroxylation is 1. The third-order valence-electron chi connectivity index (χ3n) is 2.84. The first-order chi connectivity index (χ1) is 9.92. The molecule has 0 radical (unpaired) electrons. The van der Waals surface area contributed by atoms with Crippen LogP contribution in [0.1, 0.15) is 17.4 Å². The van der Waals surface area contributed by atoms with E-state index < -0.39 is 4.92 Å². The molecule has 8 heteroatoms. The average Bonchev–Trinajstić information content (AvgIpc) is 2.82. The molecule has 110 valence electrons. The average molecular weight is 417 g/mol. The van der Waals surface area contributed by atoms with Gasteiger partial charge in [0.2, 0.25) is 0 Å². The van der Waals surface area contributed by atoms with E-state index in [0.29, 0.717) is 22.4 Å². The third kappa shape index (κ3) is 3.51. The fraction of sp³-hybridized carbons (Fsp3) is 0.154. The lowest BCUT2D eigenvalue weighted by Gasteiger charge is -2.08. The molecule has 2 aromatic rings. The van der Waals surface area contributed by atoms with Gasteiger partial charge in [0.1, 0.15) is 5.69 Å². The smallest absolute Gasteiger partial charge is 0.285 e. The molecule has 0 aliphatic rings. The molecule has 0 aliphatic heterocycles. The molecule has 6 nitrogen and oxygen atoms in total. The van der Waals surface area contributed by atoms with E-state index in [9.17, 15) is 14.9 Å². The number of anilines is 1. The lowest BCUT2D eigenvalue weighted by Crippen LogP contribution is -2.16. The number of nitro benzene ring substituents is 1. The van der Waals surface area contributed by atoms with E-state index in [2.05, 4.69) is 37.2 Å². The Morgan fingerprint density at radius 2 is 2.10 bits per heavy atom. The maximum absolute atomic E-state index is 12.2. The number of nitrogens with one attached hydrogen (secondary N) is 1. The number of hydrogen-bond donors (Lipinski definition) is 1. The van der Waals surface area contributed by atoms with Crippen LogP contribution >= 0.6 is 31.9 Å². The summed E-state index contributed by atoms with van der Waals surface area (Å²) in [7, 11) is 0. The normalized spacial score (nSPS) is 10.4. The van der Waals surface area contributed by atoms with Crippen LogP contribution in [-0.2, 0) is 6.54 Å². The fourth-order valence-corrected chi connectivity index (χ4v) is 2.71. The highest BCUT2D eigenvalue weighted by Gasteiger charge is 2.16. The Kier molecular flexibility index (Phi) is 4.79. The van der Waals surface area contributed by atoms with Gasteiger partial charge in [0.05, 0.1) is 9.40 Å². The van der Waals surface area contributed by atoms with Crippen molar-refractivity contribution in [3.63, 3.8) is 0 Å². The summed E-state index contributed by atoms with van der Waals surface area (Å²) in [5, 5.41) is 13.5. The molecular formula is C13H11Br2N3O3. The van der Waals surface area contributed by atoms with E-state index in [1.807, 2.05) is 6.92 Å². The summed E-state index contributed by atoms with van der Waals surface area (Å²) >= 11 is 6.43. The Bertz CT molecular complexity index is 713. The van der Waals surface area contributed by atoms with Crippen molar-refractivity contribution < 1.29 is 9.72 Å². The van der Waals surface area contributed by atoms with E-state index in [1.54, 1.807) is 22.9 Å². The highest BCUT2D eigenvalue weighted by atomic mass is 79.9. The number of amides is 1. The molecular weight excluding hydrogens is 406 g/mol. The molecule has 0 spiro atoms. The maximum atomic E-state index is 12.2. The van der Waals surface area contributed by atoms with Gasteiger partial charge in [0.25, 0.3) is 11.6 Å². The SMILES string of the molecule is CCn1cc(Br)cc1C(=O)Nc1ccc(Br)c([N+](=O)[O-])c1. The van der Waals surface area contributed by atoms with Crippen molar-refractivity contribution in [3.05, 3.63) is 55.2 Å². The Morgan fingerprint density at radius 3 is 2.71 bits per heavy atom. The van der Waals surface area contributed by atoms with Crippen molar-refractivity contribution in [1.82, 2.24) is 4.57 Å². The number of benzene rings is 1. The zero-order valence-corrected chi connectivity index (χ0v) is 14.1. The van der Waals surface area contributed by atoms with Gasteiger partial charge in [-0.15, -0.1) is 0 Å². The van der Waals surface area contributed by atoms with Crippen molar-refractivity contribution in [2.75, 3.05) is 5.32 Å². The minimum Gasteiger partial charge on any atom is -0.343 e. The van der Waals surface area contributed by atoms with Crippen LogP contribution in [0.15, 0.2) is 39.4 Å². The highest BCUT2D eigenvalue weighted by molar-refractivity contribution is 9.10. The van der Waals surface area contributed by atoms with Crippen molar-refractivity contribution in [2.45, 2.75) is 13.5 Å². The van der Waals surface area contributed by atoms with Gasteiger partial charge in [-0.2, -0.15) is 0 Å². The molecule has 1 aromatic carbocycles. The van der Waals surface area contributed by atoms with E-state index in [4.69, 9.17) is 0 Å². The van der Waals surface area contributed by atoms with Crippen LogP contribution in [0.2, 0.25) is 0 Å². The molecule has 0 fully saturated rings. The van der Waals surface area contributed by atoms with E-state index in [1.165, 1.54) is 12.1 Å². The fourth-order valence-electron chi connectivity index (χ4n) is 1.85. The van der Waals surface area contributed by atoms with Crippen LogP contribution in [0.5, 0.6) is 0 Å². The first-order valence-corrected chi connectivity index (χ1v) is 7.62. The number of aromatic nitrogens is 1. The van der Waals surface area contributed by atoms with Gasteiger partial charge in [0.15, 0.2) is 0 Å². The van der Waals surface area contributed by atoms with Crippen molar-refractivity contribution in [2.24, 2.45) is 0 Å². The second-order valence-electron chi connectivity index (χ2n) is 4.21. The number of hydrogen-bond acceptors (Lipinski definition) is 3.